The van der Waals surface area contributed by atoms with Crippen LogP contribution in [0.4, 0.5) is 0 Å². The molecule has 12 heteroatoms. The summed E-state index contributed by atoms with van der Waals surface area (Å²) < 4.78 is 10.5. The van der Waals surface area contributed by atoms with Crippen LogP contribution in [0.2, 0.25) is 0 Å². The van der Waals surface area contributed by atoms with Crippen molar-refractivity contribution < 1.29 is 50.0 Å². The lowest BCUT2D eigenvalue weighted by Crippen LogP contribution is -2.61. The number of nitrogens with one attached hydrogen (secondary N) is 1. The average Bonchev–Trinajstić information content (AvgIpc) is 2.63. The molecule has 0 aromatic carbocycles. The molecule has 1 saturated heterocycles. The molecule has 1 rings (SSSR count). The van der Waals surface area contributed by atoms with Gasteiger partial charge in [0.2, 0.25) is 0 Å². The zero-order valence-electron chi connectivity index (χ0n) is 13.5. The Hall–Kier alpha value is -0.930. The maximum absolute atomic E-state index is 11.4. The standard InChI is InChI=1S/C13H26N2O10/c1-4(7(19)12(23)15-14)11(5(18)2-16)25-13-10(22)9(21)8(20)6(3-17)24-13/h4-11,13,16-22H,2-3,14H2,1H3,(H,15,23)/t4-,5+,6+,7+,8-,9-,10+,11-,13-/m0/s1. The zero-order valence-corrected chi connectivity index (χ0v) is 13.5. The van der Waals surface area contributed by atoms with Crippen molar-refractivity contribution in [2.45, 2.75) is 55.9 Å². The molecule has 0 radical (unpaired) electrons. The van der Waals surface area contributed by atoms with E-state index in [9.17, 15) is 30.3 Å². The van der Waals surface area contributed by atoms with Crippen molar-refractivity contribution in [1.82, 2.24) is 5.43 Å². The van der Waals surface area contributed by atoms with Crippen LogP contribution >= 0.6 is 0 Å². The van der Waals surface area contributed by atoms with Crippen molar-refractivity contribution in [1.29, 1.82) is 0 Å². The van der Waals surface area contributed by atoms with E-state index >= 15 is 0 Å². The Morgan fingerprint density at radius 3 is 2.28 bits per heavy atom. The molecule has 0 aromatic heterocycles. The fourth-order valence-electron chi connectivity index (χ4n) is 2.51. The normalized spacial score (nSPS) is 34.8. The maximum atomic E-state index is 11.4. The van der Waals surface area contributed by atoms with Gasteiger partial charge in [0, 0.05) is 5.92 Å². The van der Waals surface area contributed by atoms with Gasteiger partial charge < -0.3 is 45.2 Å². The van der Waals surface area contributed by atoms with Crippen LogP contribution in [-0.4, -0.2) is 104 Å². The van der Waals surface area contributed by atoms with Crippen molar-refractivity contribution in [3.05, 3.63) is 0 Å². The monoisotopic (exact) mass is 370 g/mol. The first kappa shape index (κ1) is 22.1. The molecule has 1 amide bonds. The number of aliphatic hydroxyl groups is 7. The Labute approximate surface area is 143 Å². The minimum atomic E-state index is -1.75. The van der Waals surface area contributed by atoms with Gasteiger partial charge in [-0.1, -0.05) is 6.92 Å². The lowest BCUT2D eigenvalue weighted by molar-refractivity contribution is -0.323. The molecule has 0 aliphatic carbocycles. The zero-order chi connectivity index (χ0) is 19.3. The van der Waals surface area contributed by atoms with Crippen LogP contribution in [0.3, 0.4) is 0 Å². The average molecular weight is 370 g/mol. The van der Waals surface area contributed by atoms with E-state index in [0.29, 0.717) is 0 Å². The summed E-state index contributed by atoms with van der Waals surface area (Å²) in [6, 6.07) is 0. The van der Waals surface area contributed by atoms with E-state index in [1.54, 1.807) is 5.43 Å². The molecule has 9 atom stereocenters. The highest BCUT2D eigenvalue weighted by Gasteiger charge is 2.46. The number of hydrogen-bond donors (Lipinski definition) is 9. The number of rotatable bonds is 8. The van der Waals surface area contributed by atoms with Gasteiger partial charge in [-0.2, -0.15) is 0 Å². The van der Waals surface area contributed by atoms with E-state index in [4.69, 9.17) is 25.5 Å². The molecule has 10 N–H and O–H groups in total. The quantitative estimate of drug-likeness (QED) is 0.111. The van der Waals surface area contributed by atoms with E-state index in [0.717, 1.165) is 0 Å². The molecule has 12 nitrogen and oxygen atoms in total. The molecule has 0 aromatic rings. The van der Waals surface area contributed by atoms with Crippen LogP contribution in [0.5, 0.6) is 0 Å². The van der Waals surface area contributed by atoms with Crippen LogP contribution in [-0.2, 0) is 14.3 Å². The largest absolute Gasteiger partial charge is 0.394 e. The molecule has 1 fully saturated rings. The number of hydrazine groups is 1. The SMILES string of the molecule is C[C@H]([C@H](O[C@@H]1O[C@H](CO)[C@H](O)[C@H](O)[C@H]1O)[C@H](O)CO)[C@@H](O)C(=O)NN. The van der Waals surface area contributed by atoms with Gasteiger partial charge >= 0.3 is 0 Å². The van der Waals surface area contributed by atoms with E-state index < -0.39 is 74.1 Å². The lowest BCUT2D eigenvalue weighted by atomic mass is 9.93. The lowest BCUT2D eigenvalue weighted by Gasteiger charge is -2.42. The van der Waals surface area contributed by atoms with Crippen LogP contribution in [0.1, 0.15) is 6.92 Å². The van der Waals surface area contributed by atoms with Gasteiger partial charge in [-0.3, -0.25) is 10.2 Å². The number of carbonyl (C=O) groups is 1. The van der Waals surface area contributed by atoms with Gasteiger partial charge in [0.1, 0.15) is 36.6 Å². The third kappa shape index (κ3) is 5.04. The second kappa shape index (κ2) is 9.68. The first-order valence-electron chi connectivity index (χ1n) is 7.62. The third-order valence-electron chi connectivity index (χ3n) is 4.13. The predicted molar refractivity (Wildman–Crippen MR) is 79.2 cm³/mol. The fourth-order valence-corrected chi connectivity index (χ4v) is 2.51. The Morgan fingerprint density at radius 2 is 1.80 bits per heavy atom. The summed E-state index contributed by atoms with van der Waals surface area (Å²) in [6.07, 6.45) is -12.6. The molecule has 148 valence electrons. The molecule has 1 aliphatic heterocycles. The number of nitrogens with two attached hydrogens (primary N) is 1. The van der Waals surface area contributed by atoms with E-state index in [1.807, 2.05) is 0 Å². The van der Waals surface area contributed by atoms with Crippen molar-refractivity contribution in [3.63, 3.8) is 0 Å². The summed E-state index contributed by atoms with van der Waals surface area (Å²) in [5, 5.41) is 67.5. The number of carbonyl (C=O) groups excluding carboxylic acids is 1. The van der Waals surface area contributed by atoms with Crippen LogP contribution < -0.4 is 11.3 Å². The minimum absolute atomic E-state index is 0.689. The molecular weight excluding hydrogens is 344 g/mol. The van der Waals surface area contributed by atoms with Crippen molar-refractivity contribution in [2.75, 3.05) is 13.2 Å². The highest BCUT2D eigenvalue weighted by Crippen LogP contribution is 2.26. The predicted octanol–water partition coefficient (Wildman–Crippen LogP) is -5.49. The number of hydrogen-bond acceptors (Lipinski definition) is 11. The molecule has 1 heterocycles. The first-order chi connectivity index (χ1) is 11.7. The van der Waals surface area contributed by atoms with Crippen molar-refractivity contribution in [2.24, 2.45) is 11.8 Å². The fraction of sp³-hybridized carbons (Fsp3) is 0.923. The highest BCUT2D eigenvalue weighted by molar-refractivity contribution is 5.80. The Morgan fingerprint density at radius 1 is 1.20 bits per heavy atom. The molecule has 0 bridgehead atoms. The molecule has 25 heavy (non-hydrogen) atoms. The molecule has 0 unspecified atom stereocenters. The van der Waals surface area contributed by atoms with Gasteiger partial charge in [-0.25, -0.2) is 5.84 Å². The summed E-state index contributed by atoms with van der Waals surface area (Å²) in [7, 11) is 0. The second-order valence-electron chi connectivity index (χ2n) is 5.86. The molecule has 0 saturated carbocycles. The number of amides is 1. The van der Waals surface area contributed by atoms with Gasteiger partial charge in [0.15, 0.2) is 6.29 Å². The highest BCUT2D eigenvalue weighted by atomic mass is 16.7. The van der Waals surface area contributed by atoms with E-state index in [-0.39, 0.29) is 0 Å². The minimum Gasteiger partial charge on any atom is -0.394 e. The van der Waals surface area contributed by atoms with Crippen LogP contribution in [0.25, 0.3) is 0 Å². The second-order valence-corrected chi connectivity index (χ2v) is 5.86. The Bertz CT molecular complexity index is 426. The molecule has 0 spiro atoms. The van der Waals surface area contributed by atoms with E-state index in [2.05, 4.69) is 0 Å². The Balaban J connectivity index is 2.95. The van der Waals surface area contributed by atoms with Crippen molar-refractivity contribution in [3.8, 4) is 0 Å². The topological polar surface area (TPSA) is 215 Å². The summed E-state index contributed by atoms with van der Waals surface area (Å²) in [4.78, 5) is 11.4. The van der Waals surface area contributed by atoms with Gasteiger partial charge in [-0.05, 0) is 0 Å². The van der Waals surface area contributed by atoms with Crippen molar-refractivity contribution >= 4 is 5.91 Å². The Kier molecular flexibility index (Phi) is 8.56. The third-order valence-corrected chi connectivity index (χ3v) is 4.13. The summed E-state index contributed by atoms with van der Waals surface area (Å²) >= 11 is 0. The van der Waals surface area contributed by atoms with Crippen LogP contribution in [0.15, 0.2) is 0 Å². The molecule has 1 aliphatic rings. The number of ether oxygens (including phenoxy) is 2. The van der Waals surface area contributed by atoms with Gasteiger partial charge in [0.05, 0.1) is 19.3 Å². The maximum Gasteiger partial charge on any atom is 0.263 e. The summed E-state index contributed by atoms with van der Waals surface area (Å²) in [5.74, 6) is 2.84. The smallest absolute Gasteiger partial charge is 0.263 e. The number of aliphatic hydroxyl groups excluding tert-OH is 7. The van der Waals surface area contributed by atoms with Gasteiger partial charge in [-0.15, -0.1) is 0 Å². The van der Waals surface area contributed by atoms with E-state index in [1.165, 1.54) is 6.92 Å². The molecular formula is C13H26N2O10. The first-order valence-corrected chi connectivity index (χ1v) is 7.62. The summed E-state index contributed by atoms with van der Waals surface area (Å²) in [5.41, 5.74) is 1.72. The van der Waals surface area contributed by atoms with Crippen LogP contribution in [0, 0.1) is 5.92 Å². The summed E-state index contributed by atoms with van der Waals surface area (Å²) in [6.45, 7) is -0.178. The van der Waals surface area contributed by atoms with Gasteiger partial charge in [0.25, 0.3) is 5.91 Å².